The third-order valence-electron chi connectivity index (χ3n) is 6.63. The smallest absolute Gasteiger partial charge is 0.382 e. The summed E-state index contributed by atoms with van der Waals surface area (Å²) in [6, 6.07) is 12.1. The fraction of sp³-hybridized carbons (Fsp3) is 0.407. The molecule has 1 saturated carbocycles. The summed E-state index contributed by atoms with van der Waals surface area (Å²) in [5.41, 5.74) is 1.21. The number of halogens is 3. The third-order valence-corrected chi connectivity index (χ3v) is 8.39. The molecule has 0 aliphatic heterocycles. The van der Waals surface area contributed by atoms with Gasteiger partial charge in [-0.25, -0.2) is 13.4 Å². The van der Waals surface area contributed by atoms with E-state index in [1.807, 2.05) is 13.0 Å². The molecule has 2 aromatic carbocycles. The number of hydrogen-bond donors (Lipinski definition) is 3. The molecule has 3 N–H and O–H groups in total. The number of alkyl halides is 3. The standard InChI is InChI=1S/C27H31F3N4O3S/c1-16(2)38(36,37)34-21-9-4-6-18(13-21)26(35)32-20-8-5-7-19(14-20)31-24-15-25(27(28,29)30)33-23-11-10-17(3)12-22(23)24/h4,6,9-13,15-16,19-20,34H,5,7-8,14H2,1-3H3,(H,31,33)(H,32,35)/t19-,20+/m0/s1. The van der Waals surface area contributed by atoms with E-state index in [1.54, 1.807) is 44.2 Å². The van der Waals surface area contributed by atoms with Crippen molar-refractivity contribution in [1.29, 1.82) is 0 Å². The molecule has 0 bridgehead atoms. The highest BCUT2D eigenvalue weighted by atomic mass is 32.2. The number of sulfonamides is 1. The maximum atomic E-state index is 13.5. The number of nitrogens with one attached hydrogen (secondary N) is 3. The van der Waals surface area contributed by atoms with Crippen LogP contribution in [0.4, 0.5) is 24.5 Å². The van der Waals surface area contributed by atoms with E-state index in [1.165, 1.54) is 6.07 Å². The second-order valence-corrected chi connectivity index (χ2v) is 12.3. The molecule has 0 unspecified atom stereocenters. The molecule has 1 aromatic heterocycles. The summed E-state index contributed by atoms with van der Waals surface area (Å²) in [6.07, 6.45) is -1.78. The molecule has 1 aliphatic rings. The van der Waals surface area contributed by atoms with Crippen LogP contribution in [0, 0.1) is 6.92 Å². The summed E-state index contributed by atoms with van der Waals surface area (Å²) in [4.78, 5) is 16.8. The lowest BCUT2D eigenvalue weighted by atomic mass is 9.90. The number of fused-ring (bicyclic) bond motifs is 1. The summed E-state index contributed by atoms with van der Waals surface area (Å²) in [5.74, 6) is -0.342. The van der Waals surface area contributed by atoms with Crippen molar-refractivity contribution < 1.29 is 26.4 Å². The Morgan fingerprint density at radius 2 is 1.79 bits per heavy atom. The van der Waals surface area contributed by atoms with Gasteiger partial charge in [0.25, 0.3) is 5.91 Å². The van der Waals surface area contributed by atoms with Gasteiger partial charge in [0.15, 0.2) is 0 Å². The van der Waals surface area contributed by atoms with Gasteiger partial charge in [-0.2, -0.15) is 13.2 Å². The molecule has 1 amide bonds. The summed E-state index contributed by atoms with van der Waals surface area (Å²) in [7, 11) is -3.55. The van der Waals surface area contributed by atoms with Gasteiger partial charge in [-0.15, -0.1) is 0 Å². The van der Waals surface area contributed by atoms with Crippen LogP contribution in [0.25, 0.3) is 10.9 Å². The molecule has 11 heteroatoms. The summed E-state index contributed by atoms with van der Waals surface area (Å²) in [6.45, 7) is 4.99. The molecular weight excluding hydrogens is 517 g/mol. The fourth-order valence-corrected chi connectivity index (χ4v) is 5.24. The van der Waals surface area contributed by atoms with Crippen molar-refractivity contribution in [3.63, 3.8) is 0 Å². The van der Waals surface area contributed by atoms with Crippen LogP contribution in [0.2, 0.25) is 0 Å². The minimum Gasteiger partial charge on any atom is -0.382 e. The van der Waals surface area contributed by atoms with Crippen molar-refractivity contribution in [2.24, 2.45) is 0 Å². The number of amides is 1. The van der Waals surface area contributed by atoms with Gasteiger partial charge in [-0.1, -0.05) is 17.7 Å². The van der Waals surface area contributed by atoms with E-state index in [0.717, 1.165) is 30.9 Å². The number of aromatic nitrogens is 1. The molecule has 38 heavy (non-hydrogen) atoms. The Kier molecular flexibility index (Phi) is 7.87. The van der Waals surface area contributed by atoms with Crippen molar-refractivity contribution in [3.05, 3.63) is 65.4 Å². The first kappa shape index (κ1) is 27.7. The maximum absolute atomic E-state index is 13.5. The normalized spacial score (nSPS) is 18.4. The van der Waals surface area contributed by atoms with E-state index >= 15 is 0 Å². The van der Waals surface area contributed by atoms with E-state index < -0.39 is 27.1 Å². The number of carbonyl (C=O) groups is 1. The van der Waals surface area contributed by atoms with E-state index in [-0.39, 0.29) is 23.5 Å². The number of aryl methyl sites for hydroxylation is 1. The zero-order valence-electron chi connectivity index (χ0n) is 21.4. The lowest BCUT2D eigenvalue weighted by Gasteiger charge is -2.31. The van der Waals surface area contributed by atoms with Crippen molar-refractivity contribution >= 4 is 38.2 Å². The zero-order chi connectivity index (χ0) is 27.7. The fourth-order valence-electron chi connectivity index (χ4n) is 4.55. The SMILES string of the molecule is Cc1ccc2nc(C(F)(F)F)cc(N[C@H]3CCC[C@@H](NC(=O)c4cccc(NS(=O)(=O)C(C)C)c4)C3)c2c1. The highest BCUT2D eigenvalue weighted by molar-refractivity contribution is 7.93. The predicted octanol–water partition coefficient (Wildman–Crippen LogP) is 5.87. The first-order valence-electron chi connectivity index (χ1n) is 12.5. The number of anilines is 2. The molecule has 1 aliphatic carbocycles. The van der Waals surface area contributed by atoms with Crippen LogP contribution in [0.5, 0.6) is 0 Å². The van der Waals surface area contributed by atoms with Crippen LogP contribution in [0.15, 0.2) is 48.5 Å². The lowest BCUT2D eigenvalue weighted by molar-refractivity contribution is -0.140. The van der Waals surface area contributed by atoms with Gasteiger partial charge in [0.1, 0.15) is 5.69 Å². The number of nitrogens with zero attached hydrogens (tertiary/aromatic N) is 1. The lowest BCUT2D eigenvalue weighted by Crippen LogP contribution is -2.41. The van der Waals surface area contributed by atoms with Gasteiger partial charge in [-0.3, -0.25) is 9.52 Å². The summed E-state index contributed by atoms with van der Waals surface area (Å²) in [5, 5.41) is 6.27. The summed E-state index contributed by atoms with van der Waals surface area (Å²) < 4.78 is 67.3. The Labute approximate surface area is 220 Å². The van der Waals surface area contributed by atoms with Crippen LogP contribution in [0.3, 0.4) is 0 Å². The molecule has 1 fully saturated rings. The number of rotatable bonds is 7. The maximum Gasteiger partial charge on any atom is 0.433 e. The van der Waals surface area contributed by atoms with Crippen LogP contribution < -0.4 is 15.4 Å². The van der Waals surface area contributed by atoms with Gasteiger partial charge in [0.05, 0.1) is 10.8 Å². The van der Waals surface area contributed by atoms with Crippen molar-refractivity contribution in [1.82, 2.24) is 10.3 Å². The monoisotopic (exact) mass is 548 g/mol. The molecule has 0 radical (unpaired) electrons. The molecule has 1 heterocycles. The Balaban J connectivity index is 1.48. The van der Waals surface area contributed by atoms with E-state index in [2.05, 4.69) is 20.3 Å². The van der Waals surface area contributed by atoms with Crippen molar-refractivity contribution in [2.75, 3.05) is 10.0 Å². The Hall–Kier alpha value is -3.34. The number of pyridine rings is 1. The Morgan fingerprint density at radius 1 is 1.05 bits per heavy atom. The molecular formula is C27H31F3N4O3S. The second kappa shape index (κ2) is 10.8. The second-order valence-electron chi connectivity index (χ2n) is 10.0. The van der Waals surface area contributed by atoms with E-state index in [9.17, 15) is 26.4 Å². The average molecular weight is 549 g/mol. The Bertz CT molecular complexity index is 1440. The highest BCUT2D eigenvalue weighted by Crippen LogP contribution is 2.35. The van der Waals surface area contributed by atoms with E-state index in [0.29, 0.717) is 28.7 Å². The first-order chi connectivity index (χ1) is 17.8. The van der Waals surface area contributed by atoms with Gasteiger partial charge < -0.3 is 10.6 Å². The Morgan fingerprint density at radius 3 is 2.50 bits per heavy atom. The van der Waals surface area contributed by atoms with Gasteiger partial charge >= 0.3 is 6.18 Å². The molecule has 7 nitrogen and oxygen atoms in total. The number of benzene rings is 2. The van der Waals surface area contributed by atoms with Crippen LogP contribution >= 0.6 is 0 Å². The highest BCUT2D eigenvalue weighted by Gasteiger charge is 2.34. The molecule has 0 spiro atoms. The first-order valence-corrected chi connectivity index (χ1v) is 14.0. The van der Waals surface area contributed by atoms with Crippen molar-refractivity contribution in [3.8, 4) is 0 Å². The average Bonchev–Trinajstić information content (AvgIpc) is 2.83. The number of carbonyl (C=O) groups excluding carboxylic acids is 1. The number of hydrogen-bond acceptors (Lipinski definition) is 5. The molecule has 204 valence electrons. The predicted molar refractivity (Wildman–Crippen MR) is 143 cm³/mol. The van der Waals surface area contributed by atoms with Crippen LogP contribution in [-0.4, -0.2) is 36.6 Å². The van der Waals surface area contributed by atoms with E-state index in [4.69, 9.17) is 0 Å². The summed E-state index contributed by atoms with van der Waals surface area (Å²) >= 11 is 0. The molecule has 4 rings (SSSR count). The van der Waals surface area contributed by atoms with Gasteiger partial charge in [-0.05, 0) is 82.9 Å². The van der Waals surface area contributed by atoms with Crippen LogP contribution in [-0.2, 0) is 16.2 Å². The molecule has 0 saturated heterocycles. The molecule has 3 aromatic rings. The van der Waals surface area contributed by atoms with Crippen LogP contribution in [0.1, 0.15) is 61.1 Å². The van der Waals surface area contributed by atoms with Gasteiger partial charge in [0.2, 0.25) is 10.0 Å². The minimum absolute atomic E-state index is 0.148. The third kappa shape index (κ3) is 6.56. The quantitative estimate of drug-likeness (QED) is 0.343. The molecule has 2 atom stereocenters. The van der Waals surface area contributed by atoms with Crippen molar-refractivity contribution in [2.45, 2.75) is 70.0 Å². The minimum atomic E-state index is -4.57. The van der Waals surface area contributed by atoms with Gasteiger partial charge in [0, 0.05) is 34.4 Å². The zero-order valence-corrected chi connectivity index (χ0v) is 22.2. The topological polar surface area (TPSA) is 100 Å². The largest absolute Gasteiger partial charge is 0.433 e.